The van der Waals surface area contributed by atoms with Gasteiger partial charge in [0.25, 0.3) is 0 Å². The summed E-state index contributed by atoms with van der Waals surface area (Å²) in [6.07, 6.45) is 4.21. The predicted molar refractivity (Wildman–Crippen MR) is 78.0 cm³/mol. The molecule has 3 N–H and O–H groups in total. The molecule has 0 atom stereocenters. The second-order valence-electron chi connectivity index (χ2n) is 5.57. The van der Waals surface area contributed by atoms with E-state index in [1.807, 2.05) is 0 Å². The van der Waals surface area contributed by atoms with E-state index in [0.29, 0.717) is 12.8 Å². The van der Waals surface area contributed by atoms with E-state index in [9.17, 15) is 18.7 Å². The largest absolute Gasteiger partial charge is 0.491 e. The van der Waals surface area contributed by atoms with Crippen LogP contribution in [0.3, 0.4) is 0 Å². The topological polar surface area (TPSA) is 70.6 Å². The number of aliphatic hydroxyl groups is 1. The fourth-order valence-corrected chi connectivity index (χ4v) is 2.63. The van der Waals surface area contributed by atoms with Crippen LogP contribution in [0.2, 0.25) is 0 Å². The van der Waals surface area contributed by atoms with E-state index in [1.165, 1.54) is 0 Å². The van der Waals surface area contributed by atoms with Crippen LogP contribution in [-0.2, 0) is 0 Å². The van der Waals surface area contributed by atoms with Crippen molar-refractivity contribution >= 4 is 11.7 Å². The zero-order valence-corrected chi connectivity index (χ0v) is 12.4. The average Bonchev–Trinajstić information content (AvgIpc) is 2.46. The van der Waals surface area contributed by atoms with Crippen molar-refractivity contribution in [2.24, 2.45) is 0 Å². The number of urea groups is 1. The number of carbonyl (C=O) groups excluding carboxylic acids is 1. The molecule has 1 aromatic carbocycles. The van der Waals surface area contributed by atoms with Gasteiger partial charge in [0.1, 0.15) is 0 Å². The Morgan fingerprint density at radius 2 is 1.86 bits per heavy atom. The number of rotatable bonds is 4. The summed E-state index contributed by atoms with van der Waals surface area (Å²) in [5, 5.41) is 15.1. The molecular weight excluding hydrogens is 294 g/mol. The second-order valence-corrected chi connectivity index (χ2v) is 5.57. The van der Waals surface area contributed by atoms with E-state index in [-0.39, 0.29) is 12.2 Å². The van der Waals surface area contributed by atoms with Crippen LogP contribution in [-0.4, -0.2) is 30.4 Å². The van der Waals surface area contributed by atoms with Crippen molar-refractivity contribution < 1.29 is 23.4 Å². The SMILES string of the molecule is COc1c(F)cc(NC(=O)NCC2(O)CCCCC2)cc1F. The Morgan fingerprint density at radius 1 is 1.27 bits per heavy atom. The van der Waals surface area contributed by atoms with E-state index in [2.05, 4.69) is 15.4 Å². The van der Waals surface area contributed by atoms with Crippen molar-refractivity contribution in [3.05, 3.63) is 23.8 Å². The van der Waals surface area contributed by atoms with Gasteiger partial charge < -0.3 is 20.5 Å². The van der Waals surface area contributed by atoms with Crippen molar-refractivity contribution in [2.45, 2.75) is 37.7 Å². The van der Waals surface area contributed by atoms with Gasteiger partial charge >= 0.3 is 6.03 Å². The Bertz CT molecular complexity index is 523. The Kier molecular flexibility index (Phi) is 5.18. The maximum atomic E-state index is 13.5. The zero-order chi connectivity index (χ0) is 16.2. The standard InChI is InChI=1S/C15H20F2N2O3/c1-22-13-11(16)7-10(8-12(13)17)19-14(20)18-9-15(21)5-3-2-4-6-15/h7-8,21H,2-6,9H2,1H3,(H2,18,19,20). The third-order valence-electron chi connectivity index (χ3n) is 3.82. The van der Waals surface area contributed by atoms with Crippen LogP contribution in [0, 0.1) is 11.6 Å². The summed E-state index contributed by atoms with van der Waals surface area (Å²) in [5.74, 6) is -2.30. The number of nitrogens with one attached hydrogen (secondary N) is 2. The van der Waals surface area contributed by atoms with E-state index >= 15 is 0 Å². The molecule has 1 fully saturated rings. The van der Waals surface area contributed by atoms with Crippen molar-refractivity contribution in [2.75, 3.05) is 19.0 Å². The van der Waals surface area contributed by atoms with Crippen LogP contribution in [0.4, 0.5) is 19.3 Å². The van der Waals surface area contributed by atoms with Crippen LogP contribution in [0.25, 0.3) is 0 Å². The smallest absolute Gasteiger partial charge is 0.319 e. The second kappa shape index (κ2) is 6.91. The van der Waals surface area contributed by atoms with Crippen LogP contribution in [0.15, 0.2) is 12.1 Å². The summed E-state index contributed by atoms with van der Waals surface area (Å²) >= 11 is 0. The zero-order valence-electron chi connectivity index (χ0n) is 12.4. The van der Waals surface area contributed by atoms with Gasteiger partial charge in [0, 0.05) is 24.4 Å². The monoisotopic (exact) mass is 314 g/mol. The molecule has 2 amide bonds. The molecule has 0 saturated heterocycles. The van der Waals surface area contributed by atoms with E-state index in [4.69, 9.17) is 0 Å². The molecule has 1 aromatic rings. The van der Waals surface area contributed by atoms with Gasteiger partial charge in [-0.25, -0.2) is 13.6 Å². The van der Waals surface area contributed by atoms with Gasteiger partial charge in [0.05, 0.1) is 12.7 Å². The van der Waals surface area contributed by atoms with Crippen molar-refractivity contribution in [1.29, 1.82) is 0 Å². The van der Waals surface area contributed by atoms with Gasteiger partial charge in [0.2, 0.25) is 0 Å². The number of ether oxygens (including phenoxy) is 1. The Labute approximate surface area is 127 Å². The summed E-state index contributed by atoms with van der Waals surface area (Å²) in [7, 11) is 1.16. The summed E-state index contributed by atoms with van der Waals surface area (Å²) in [6.45, 7) is 0.111. The number of amides is 2. The Balaban J connectivity index is 1.92. The molecule has 122 valence electrons. The molecule has 1 saturated carbocycles. The fourth-order valence-electron chi connectivity index (χ4n) is 2.63. The van der Waals surface area contributed by atoms with E-state index < -0.39 is 29.0 Å². The molecule has 0 radical (unpaired) electrons. The Hall–Kier alpha value is -1.89. The van der Waals surface area contributed by atoms with E-state index in [0.717, 1.165) is 38.5 Å². The van der Waals surface area contributed by atoms with Crippen molar-refractivity contribution in [1.82, 2.24) is 5.32 Å². The van der Waals surface area contributed by atoms with Gasteiger partial charge in [0.15, 0.2) is 17.4 Å². The lowest BCUT2D eigenvalue weighted by Crippen LogP contribution is -2.45. The number of hydrogen-bond acceptors (Lipinski definition) is 3. The molecule has 0 unspecified atom stereocenters. The number of anilines is 1. The summed E-state index contributed by atoms with van der Waals surface area (Å²) < 4.78 is 31.6. The summed E-state index contributed by atoms with van der Waals surface area (Å²) in [6, 6.07) is 1.32. The predicted octanol–water partition coefficient (Wildman–Crippen LogP) is 2.79. The van der Waals surface area contributed by atoms with Gasteiger partial charge in [-0.2, -0.15) is 0 Å². The van der Waals surface area contributed by atoms with Gasteiger partial charge in [-0.15, -0.1) is 0 Å². The van der Waals surface area contributed by atoms with Crippen LogP contribution < -0.4 is 15.4 Å². The molecule has 0 spiro atoms. The molecule has 0 bridgehead atoms. The van der Waals surface area contributed by atoms with Crippen molar-refractivity contribution in [3.8, 4) is 5.75 Å². The van der Waals surface area contributed by atoms with Crippen LogP contribution >= 0.6 is 0 Å². The molecule has 2 rings (SSSR count). The van der Waals surface area contributed by atoms with Crippen LogP contribution in [0.1, 0.15) is 32.1 Å². The highest BCUT2D eigenvalue weighted by Gasteiger charge is 2.29. The molecule has 7 heteroatoms. The minimum Gasteiger partial charge on any atom is -0.491 e. The first-order chi connectivity index (χ1) is 10.4. The lowest BCUT2D eigenvalue weighted by Gasteiger charge is -2.32. The van der Waals surface area contributed by atoms with Gasteiger partial charge in [-0.1, -0.05) is 19.3 Å². The lowest BCUT2D eigenvalue weighted by atomic mass is 9.85. The molecular formula is C15H20F2N2O3. The maximum absolute atomic E-state index is 13.5. The first-order valence-corrected chi connectivity index (χ1v) is 7.24. The molecule has 1 aliphatic rings. The molecule has 5 nitrogen and oxygen atoms in total. The first kappa shape index (κ1) is 16.5. The number of hydrogen-bond donors (Lipinski definition) is 3. The number of carbonyl (C=O) groups is 1. The number of halogens is 2. The minimum atomic E-state index is -0.899. The lowest BCUT2D eigenvalue weighted by molar-refractivity contribution is 0.00755. The highest BCUT2D eigenvalue weighted by Crippen LogP contribution is 2.27. The molecule has 1 aliphatic carbocycles. The molecule has 0 heterocycles. The molecule has 0 aliphatic heterocycles. The number of benzene rings is 1. The highest BCUT2D eigenvalue weighted by atomic mass is 19.1. The van der Waals surface area contributed by atoms with Crippen molar-refractivity contribution in [3.63, 3.8) is 0 Å². The summed E-state index contributed by atoms with van der Waals surface area (Å²) in [4.78, 5) is 11.8. The normalized spacial score (nSPS) is 16.9. The molecule has 22 heavy (non-hydrogen) atoms. The maximum Gasteiger partial charge on any atom is 0.319 e. The third kappa shape index (κ3) is 4.07. The number of methoxy groups -OCH3 is 1. The van der Waals surface area contributed by atoms with Gasteiger partial charge in [-0.3, -0.25) is 0 Å². The minimum absolute atomic E-state index is 0.0241. The third-order valence-corrected chi connectivity index (χ3v) is 3.82. The quantitative estimate of drug-likeness (QED) is 0.800. The van der Waals surface area contributed by atoms with Crippen LogP contribution in [0.5, 0.6) is 5.75 Å². The van der Waals surface area contributed by atoms with E-state index in [1.54, 1.807) is 0 Å². The highest BCUT2D eigenvalue weighted by molar-refractivity contribution is 5.89. The molecule has 0 aromatic heterocycles. The van der Waals surface area contributed by atoms with Gasteiger partial charge in [-0.05, 0) is 12.8 Å². The first-order valence-electron chi connectivity index (χ1n) is 7.24. The Morgan fingerprint density at radius 3 is 2.41 bits per heavy atom. The fraction of sp³-hybridized carbons (Fsp3) is 0.533. The summed E-state index contributed by atoms with van der Waals surface area (Å²) in [5.41, 5.74) is -0.921. The average molecular weight is 314 g/mol.